The monoisotopic (exact) mass is 205 g/mol. The van der Waals surface area contributed by atoms with Crippen LogP contribution in [0.2, 0.25) is 0 Å². The molecule has 0 atom stereocenters. The number of anilines is 1. The van der Waals surface area contributed by atoms with Gasteiger partial charge in [0.25, 0.3) is 0 Å². The SMILES string of the molecule is CC(C)Cc1cc(N)nc(C2(C)CC2)n1. The van der Waals surface area contributed by atoms with Gasteiger partial charge in [-0.2, -0.15) is 0 Å². The topological polar surface area (TPSA) is 51.8 Å². The van der Waals surface area contributed by atoms with Crippen molar-refractivity contribution in [3.05, 3.63) is 17.6 Å². The van der Waals surface area contributed by atoms with Gasteiger partial charge in [0.1, 0.15) is 11.6 Å². The molecule has 0 aromatic carbocycles. The summed E-state index contributed by atoms with van der Waals surface area (Å²) in [6, 6.07) is 1.90. The Morgan fingerprint density at radius 1 is 1.40 bits per heavy atom. The van der Waals surface area contributed by atoms with Gasteiger partial charge in [0.15, 0.2) is 0 Å². The van der Waals surface area contributed by atoms with Crippen LogP contribution in [0.4, 0.5) is 5.82 Å². The lowest BCUT2D eigenvalue weighted by molar-refractivity contribution is 0.620. The van der Waals surface area contributed by atoms with E-state index in [2.05, 4.69) is 30.7 Å². The maximum Gasteiger partial charge on any atom is 0.136 e. The highest BCUT2D eigenvalue weighted by molar-refractivity contribution is 5.33. The van der Waals surface area contributed by atoms with Crippen LogP contribution in [-0.4, -0.2) is 9.97 Å². The minimum absolute atomic E-state index is 0.209. The van der Waals surface area contributed by atoms with Gasteiger partial charge in [0.2, 0.25) is 0 Å². The molecule has 15 heavy (non-hydrogen) atoms. The number of aromatic nitrogens is 2. The summed E-state index contributed by atoms with van der Waals surface area (Å²) in [5.41, 5.74) is 7.10. The van der Waals surface area contributed by atoms with Crippen molar-refractivity contribution in [2.75, 3.05) is 5.73 Å². The summed E-state index contributed by atoms with van der Waals surface area (Å²) in [6.07, 6.45) is 3.37. The van der Waals surface area contributed by atoms with Crippen LogP contribution in [0, 0.1) is 5.92 Å². The van der Waals surface area contributed by atoms with Crippen LogP contribution in [-0.2, 0) is 11.8 Å². The summed E-state index contributed by atoms with van der Waals surface area (Å²) in [5.74, 6) is 2.17. The Labute approximate surface area is 91.1 Å². The molecule has 1 fully saturated rings. The lowest BCUT2D eigenvalue weighted by Crippen LogP contribution is -2.11. The summed E-state index contributed by atoms with van der Waals surface area (Å²) in [7, 11) is 0. The first kappa shape index (κ1) is 10.4. The Morgan fingerprint density at radius 2 is 2.07 bits per heavy atom. The van der Waals surface area contributed by atoms with E-state index in [1.807, 2.05) is 6.07 Å². The van der Waals surface area contributed by atoms with Gasteiger partial charge in [-0.15, -0.1) is 0 Å². The first-order chi connectivity index (χ1) is 6.99. The first-order valence-electron chi connectivity index (χ1n) is 5.63. The average Bonchev–Trinajstić information content (AvgIpc) is 2.82. The van der Waals surface area contributed by atoms with E-state index in [0.29, 0.717) is 11.7 Å². The van der Waals surface area contributed by atoms with Crippen LogP contribution in [0.25, 0.3) is 0 Å². The molecule has 1 heterocycles. The molecule has 0 unspecified atom stereocenters. The van der Waals surface area contributed by atoms with Gasteiger partial charge in [-0.3, -0.25) is 0 Å². The summed E-state index contributed by atoms with van der Waals surface area (Å²) in [4.78, 5) is 8.96. The standard InChI is InChI=1S/C12H19N3/c1-8(2)6-9-7-10(13)15-11(14-9)12(3)4-5-12/h7-8H,4-6H2,1-3H3,(H2,13,14,15). The summed E-state index contributed by atoms with van der Waals surface area (Å²) < 4.78 is 0. The molecule has 0 bridgehead atoms. The fourth-order valence-corrected chi connectivity index (χ4v) is 1.72. The zero-order valence-corrected chi connectivity index (χ0v) is 9.75. The third kappa shape index (κ3) is 2.28. The van der Waals surface area contributed by atoms with Crippen LogP contribution in [0.1, 0.15) is 45.1 Å². The minimum atomic E-state index is 0.209. The molecule has 0 saturated heterocycles. The fourth-order valence-electron chi connectivity index (χ4n) is 1.72. The molecular formula is C12H19N3. The van der Waals surface area contributed by atoms with Crippen LogP contribution in [0.15, 0.2) is 6.07 Å². The number of hydrogen-bond acceptors (Lipinski definition) is 3. The third-order valence-electron chi connectivity index (χ3n) is 2.96. The highest BCUT2D eigenvalue weighted by atomic mass is 15.0. The van der Waals surface area contributed by atoms with E-state index in [4.69, 9.17) is 5.73 Å². The lowest BCUT2D eigenvalue weighted by atomic mass is 10.1. The van der Waals surface area contributed by atoms with Gasteiger partial charge < -0.3 is 5.73 Å². The normalized spacial score (nSPS) is 18.1. The Kier molecular flexibility index (Phi) is 2.41. The average molecular weight is 205 g/mol. The number of nitrogens with zero attached hydrogens (tertiary/aromatic N) is 2. The number of nitrogens with two attached hydrogens (primary N) is 1. The molecule has 0 spiro atoms. The highest BCUT2D eigenvalue weighted by Crippen LogP contribution is 2.46. The number of rotatable bonds is 3. The van der Waals surface area contributed by atoms with E-state index < -0.39 is 0 Å². The lowest BCUT2D eigenvalue weighted by Gasteiger charge is -2.11. The second-order valence-corrected chi connectivity index (χ2v) is 5.27. The van der Waals surface area contributed by atoms with Crippen molar-refractivity contribution in [2.24, 2.45) is 5.92 Å². The van der Waals surface area contributed by atoms with E-state index in [9.17, 15) is 0 Å². The Balaban J connectivity index is 2.28. The second-order valence-electron chi connectivity index (χ2n) is 5.27. The van der Waals surface area contributed by atoms with E-state index >= 15 is 0 Å². The summed E-state index contributed by atoms with van der Waals surface area (Å²) >= 11 is 0. The van der Waals surface area contributed by atoms with Gasteiger partial charge in [-0.1, -0.05) is 20.8 Å². The molecule has 3 heteroatoms. The zero-order valence-electron chi connectivity index (χ0n) is 9.75. The summed E-state index contributed by atoms with van der Waals surface area (Å²) in [6.45, 7) is 6.59. The highest BCUT2D eigenvalue weighted by Gasteiger charge is 2.42. The molecule has 3 nitrogen and oxygen atoms in total. The van der Waals surface area contributed by atoms with Crippen LogP contribution in [0.3, 0.4) is 0 Å². The van der Waals surface area contributed by atoms with Crippen molar-refractivity contribution in [2.45, 2.75) is 45.4 Å². The van der Waals surface area contributed by atoms with Crippen molar-refractivity contribution >= 4 is 5.82 Å². The largest absolute Gasteiger partial charge is 0.384 e. The van der Waals surface area contributed by atoms with Crippen LogP contribution >= 0.6 is 0 Å². The van der Waals surface area contributed by atoms with Crippen molar-refractivity contribution in [3.63, 3.8) is 0 Å². The number of hydrogen-bond donors (Lipinski definition) is 1. The van der Waals surface area contributed by atoms with E-state index in [-0.39, 0.29) is 5.41 Å². The smallest absolute Gasteiger partial charge is 0.136 e. The van der Waals surface area contributed by atoms with Crippen molar-refractivity contribution in [1.29, 1.82) is 0 Å². The minimum Gasteiger partial charge on any atom is -0.384 e. The second kappa shape index (κ2) is 3.47. The summed E-state index contributed by atoms with van der Waals surface area (Å²) in [5, 5.41) is 0. The molecule has 0 aliphatic heterocycles. The zero-order chi connectivity index (χ0) is 11.1. The molecule has 0 amide bonds. The molecule has 82 valence electrons. The Bertz CT molecular complexity index is 367. The van der Waals surface area contributed by atoms with Gasteiger partial charge in [-0.05, 0) is 25.2 Å². The fraction of sp³-hybridized carbons (Fsp3) is 0.667. The van der Waals surface area contributed by atoms with E-state index in [1.54, 1.807) is 0 Å². The molecular weight excluding hydrogens is 186 g/mol. The van der Waals surface area contributed by atoms with Crippen LogP contribution in [0.5, 0.6) is 0 Å². The molecule has 2 N–H and O–H groups in total. The molecule has 1 aromatic heterocycles. The molecule has 1 saturated carbocycles. The van der Waals surface area contributed by atoms with Gasteiger partial charge in [-0.25, -0.2) is 9.97 Å². The van der Waals surface area contributed by atoms with E-state index in [0.717, 1.165) is 17.9 Å². The Morgan fingerprint density at radius 3 is 2.60 bits per heavy atom. The molecule has 0 radical (unpaired) electrons. The van der Waals surface area contributed by atoms with Gasteiger partial charge in [0, 0.05) is 17.2 Å². The third-order valence-corrected chi connectivity index (χ3v) is 2.96. The Hall–Kier alpha value is -1.12. The maximum atomic E-state index is 5.81. The number of nitrogen functional groups attached to an aromatic ring is 1. The van der Waals surface area contributed by atoms with Crippen molar-refractivity contribution in [1.82, 2.24) is 9.97 Å². The van der Waals surface area contributed by atoms with Crippen molar-refractivity contribution in [3.8, 4) is 0 Å². The molecule has 1 aliphatic rings. The van der Waals surface area contributed by atoms with E-state index in [1.165, 1.54) is 12.8 Å². The molecule has 1 aromatic rings. The maximum absolute atomic E-state index is 5.81. The first-order valence-corrected chi connectivity index (χ1v) is 5.63. The van der Waals surface area contributed by atoms with Gasteiger partial charge >= 0.3 is 0 Å². The quantitative estimate of drug-likeness (QED) is 0.823. The van der Waals surface area contributed by atoms with Crippen LogP contribution < -0.4 is 5.73 Å². The predicted octanol–water partition coefficient (Wildman–Crippen LogP) is 2.31. The molecule has 2 rings (SSSR count). The van der Waals surface area contributed by atoms with Gasteiger partial charge in [0.05, 0.1) is 0 Å². The van der Waals surface area contributed by atoms with Crippen molar-refractivity contribution < 1.29 is 0 Å². The molecule has 1 aliphatic carbocycles. The predicted molar refractivity (Wildman–Crippen MR) is 61.6 cm³/mol.